The van der Waals surface area contributed by atoms with Crippen LogP contribution in [-0.4, -0.2) is 23.2 Å². The van der Waals surface area contributed by atoms with Crippen LogP contribution in [0.3, 0.4) is 0 Å². The highest BCUT2D eigenvalue weighted by Gasteiger charge is 2.34. The van der Waals surface area contributed by atoms with Crippen LogP contribution < -0.4 is 0 Å². The standard InChI is InChI=1S/C28H44N2O2S/c1-3-5-7-9-11-13-15-17-19-31-27-25-26(30-24-22-33-21-23(24)29-25)28(27)32-20-18-16-14-12-10-8-6-4-2/h21-22H,3-20H2,1-2H3. The van der Waals surface area contributed by atoms with Gasteiger partial charge in [-0.2, -0.15) is 0 Å². The molecule has 2 heterocycles. The maximum absolute atomic E-state index is 6.18. The van der Waals surface area contributed by atoms with Crippen molar-refractivity contribution in [2.45, 2.75) is 117 Å². The zero-order chi connectivity index (χ0) is 23.1. The van der Waals surface area contributed by atoms with Gasteiger partial charge in [0.05, 0.1) is 13.2 Å². The molecule has 1 aliphatic rings. The lowest BCUT2D eigenvalue weighted by Gasteiger charge is -2.25. The van der Waals surface area contributed by atoms with Crippen molar-refractivity contribution in [3.05, 3.63) is 22.1 Å². The average Bonchev–Trinajstić information content (AvgIpc) is 3.29. The molecule has 5 heteroatoms. The van der Waals surface area contributed by atoms with E-state index in [9.17, 15) is 0 Å². The maximum atomic E-state index is 6.18. The SMILES string of the molecule is CCCCCCCCCCOC1=C(OCCCCCCCCCC)c2nc3cscc3nc21. The zero-order valence-corrected chi connectivity index (χ0v) is 21.8. The van der Waals surface area contributed by atoms with Gasteiger partial charge in [-0.25, -0.2) is 9.97 Å². The van der Waals surface area contributed by atoms with E-state index >= 15 is 0 Å². The van der Waals surface area contributed by atoms with Gasteiger partial charge in [-0.3, -0.25) is 0 Å². The lowest BCUT2D eigenvalue weighted by molar-refractivity contribution is 0.224. The predicted octanol–water partition coefficient (Wildman–Crippen LogP) is 9.15. The van der Waals surface area contributed by atoms with Crippen molar-refractivity contribution >= 4 is 33.9 Å². The summed E-state index contributed by atoms with van der Waals surface area (Å²) in [5.74, 6) is 1.65. The Morgan fingerprint density at radius 3 is 1.30 bits per heavy atom. The van der Waals surface area contributed by atoms with Gasteiger partial charge in [0.15, 0.2) is 11.5 Å². The largest absolute Gasteiger partial charge is 0.487 e. The first kappa shape index (κ1) is 26.0. The minimum Gasteiger partial charge on any atom is -0.487 e. The molecule has 0 fully saturated rings. The fourth-order valence-electron chi connectivity index (χ4n) is 4.36. The Hall–Kier alpha value is -1.62. The molecule has 0 N–H and O–H groups in total. The van der Waals surface area contributed by atoms with Crippen molar-refractivity contribution in [1.29, 1.82) is 0 Å². The lowest BCUT2D eigenvalue weighted by atomic mass is 10.0. The highest BCUT2D eigenvalue weighted by molar-refractivity contribution is 7.09. The van der Waals surface area contributed by atoms with Gasteiger partial charge in [0.1, 0.15) is 22.4 Å². The average molecular weight is 473 g/mol. The summed E-state index contributed by atoms with van der Waals surface area (Å²) < 4.78 is 12.4. The zero-order valence-electron chi connectivity index (χ0n) is 21.0. The third kappa shape index (κ3) is 8.27. The van der Waals surface area contributed by atoms with Crippen molar-refractivity contribution < 1.29 is 9.47 Å². The van der Waals surface area contributed by atoms with Crippen molar-refractivity contribution in [2.24, 2.45) is 0 Å². The highest BCUT2D eigenvalue weighted by Crippen LogP contribution is 2.41. The first-order valence-electron chi connectivity index (χ1n) is 13.6. The molecule has 0 atom stereocenters. The van der Waals surface area contributed by atoms with E-state index in [1.165, 1.54) is 89.9 Å². The first-order valence-corrected chi connectivity index (χ1v) is 14.5. The minimum absolute atomic E-state index is 0.734. The normalized spacial score (nSPS) is 12.8. The number of hydrogen-bond donors (Lipinski definition) is 0. The van der Waals surface area contributed by atoms with Gasteiger partial charge < -0.3 is 9.47 Å². The van der Waals surface area contributed by atoms with Gasteiger partial charge in [0, 0.05) is 10.8 Å². The number of thiophene rings is 1. The van der Waals surface area contributed by atoms with E-state index in [4.69, 9.17) is 19.4 Å². The quantitative estimate of drug-likeness (QED) is 0.180. The van der Waals surface area contributed by atoms with Crippen LogP contribution in [-0.2, 0) is 9.47 Å². The predicted molar refractivity (Wildman–Crippen MR) is 141 cm³/mol. The maximum Gasteiger partial charge on any atom is 0.191 e. The monoisotopic (exact) mass is 472 g/mol. The summed E-state index contributed by atoms with van der Waals surface area (Å²) in [7, 11) is 0. The van der Waals surface area contributed by atoms with E-state index in [0.29, 0.717) is 0 Å². The van der Waals surface area contributed by atoms with E-state index in [-0.39, 0.29) is 0 Å². The third-order valence-corrected chi connectivity index (χ3v) is 7.15. The van der Waals surface area contributed by atoms with Crippen LogP contribution in [0.1, 0.15) is 128 Å². The Labute approximate surface area is 205 Å². The number of nitrogens with zero attached hydrogens (tertiary/aromatic N) is 2. The second-order valence-corrected chi connectivity index (χ2v) is 10.1. The molecule has 0 amide bonds. The van der Waals surface area contributed by atoms with Gasteiger partial charge in [-0.15, -0.1) is 11.3 Å². The first-order chi connectivity index (χ1) is 16.3. The molecule has 0 unspecified atom stereocenters. The number of aromatic nitrogens is 2. The summed E-state index contributed by atoms with van der Waals surface area (Å²) in [5, 5.41) is 4.11. The van der Waals surface area contributed by atoms with Crippen molar-refractivity contribution in [1.82, 2.24) is 9.97 Å². The second kappa shape index (κ2) is 15.3. The minimum atomic E-state index is 0.734. The van der Waals surface area contributed by atoms with Gasteiger partial charge in [0.25, 0.3) is 0 Å². The smallest absolute Gasteiger partial charge is 0.191 e. The summed E-state index contributed by atoms with van der Waals surface area (Å²) in [6, 6.07) is 0. The van der Waals surface area contributed by atoms with Crippen molar-refractivity contribution in [3.8, 4) is 0 Å². The molecule has 0 bridgehead atoms. The number of unbranched alkanes of at least 4 members (excludes halogenated alkanes) is 14. The van der Waals surface area contributed by atoms with E-state index in [0.717, 1.165) is 60.0 Å². The molecule has 3 rings (SSSR count). The molecule has 0 saturated heterocycles. The third-order valence-electron chi connectivity index (χ3n) is 6.44. The summed E-state index contributed by atoms with van der Waals surface area (Å²) in [6.07, 6.45) is 20.8. The molecule has 2 aromatic heterocycles. The molecule has 0 aliphatic heterocycles. The highest BCUT2D eigenvalue weighted by atomic mass is 32.1. The van der Waals surface area contributed by atoms with Gasteiger partial charge in [0.2, 0.25) is 0 Å². The van der Waals surface area contributed by atoms with E-state index in [1.54, 1.807) is 11.3 Å². The van der Waals surface area contributed by atoms with Crippen LogP contribution in [0.4, 0.5) is 0 Å². The fraction of sp³-hybridized carbons (Fsp3) is 0.714. The van der Waals surface area contributed by atoms with E-state index < -0.39 is 0 Å². The number of rotatable bonds is 20. The Morgan fingerprint density at radius 2 is 0.909 bits per heavy atom. The van der Waals surface area contributed by atoms with Crippen LogP contribution in [0, 0.1) is 0 Å². The Kier molecular flexibility index (Phi) is 12.1. The molecule has 0 spiro atoms. The van der Waals surface area contributed by atoms with Crippen LogP contribution in [0.5, 0.6) is 0 Å². The number of fused-ring (bicyclic) bond motifs is 2. The van der Waals surface area contributed by atoms with Crippen LogP contribution in [0.15, 0.2) is 10.8 Å². The van der Waals surface area contributed by atoms with E-state index in [2.05, 4.69) is 24.6 Å². The van der Waals surface area contributed by atoms with Gasteiger partial charge in [-0.1, -0.05) is 104 Å². The molecular weight excluding hydrogens is 428 g/mol. The molecule has 33 heavy (non-hydrogen) atoms. The van der Waals surface area contributed by atoms with Crippen LogP contribution >= 0.6 is 11.3 Å². The Balaban J connectivity index is 1.41. The molecule has 4 nitrogen and oxygen atoms in total. The Morgan fingerprint density at radius 1 is 0.545 bits per heavy atom. The summed E-state index contributed by atoms with van der Waals surface area (Å²) in [5.41, 5.74) is 3.67. The summed E-state index contributed by atoms with van der Waals surface area (Å²) in [4.78, 5) is 9.58. The summed E-state index contributed by atoms with van der Waals surface area (Å²) in [6.45, 7) is 6.01. The van der Waals surface area contributed by atoms with Crippen molar-refractivity contribution in [2.75, 3.05) is 13.2 Å². The topological polar surface area (TPSA) is 44.2 Å². The fourth-order valence-corrected chi connectivity index (χ4v) is 5.03. The molecule has 1 aliphatic carbocycles. The molecule has 0 radical (unpaired) electrons. The molecule has 0 aromatic carbocycles. The Bertz CT molecular complexity index is 780. The van der Waals surface area contributed by atoms with E-state index in [1.807, 2.05) is 0 Å². The molecule has 184 valence electrons. The summed E-state index contributed by atoms with van der Waals surface area (Å²) >= 11 is 1.64. The van der Waals surface area contributed by atoms with Crippen LogP contribution in [0.2, 0.25) is 0 Å². The second-order valence-electron chi connectivity index (χ2n) is 9.37. The molecular formula is C28H44N2O2S. The van der Waals surface area contributed by atoms with Crippen LogP contribution in [0.25, 0.3) is 22.6 Å². The van der Waals surface area contributed by atoms with Gasteiger partial charge >= 0.3 is 0 Å². The number of ether oxygens (including phenoxy) is 2. The lowest BCUT2D eigenvalue weighted by Crippen LogP contribution is -2.17. The number of hydrogen-bond acceptors (Lipinski definition) is 5. The van der Waals surface area contributed by atoms with Gasteiger partial charge in [-0.05, 0) is 12.8 Å². The molecule has 2 aromatic rings. The molecule has 0 saturated carbocycles. The van der Waals surface area contributed by atoms with Crippen molar-refractivity contribution in [3.63, 3.8) is 0 Å².